The second-order valence-electron chi connectivity index (χ2n) is 4.84. The van der Waals surface area contributed by atoms with E-state index in [4.69, 9.17) is 23.2 Å². The normalized spacial score (nSPS) is 10.2. The molecular formula is C15H13Cl2N3O3. The highest BCUT2D eigenvalue weighted by Gasteiger charge is 2.12. The lowest BCUT2D eigenvalue weighted by molar-refractivity contribution is -0.384. The molecule has 0 heterocycles. The molecule has 0 aliphatic heterocycles. The molecule has 0 saturated carbocycles. The number of nitrogens with one attached hydrogen (secondary N) is 1. The molecule has 0 unspecified atom stereocenters. The maximum absolute atomic E-state index is 12.1. The summed E-state index contributed by atoms with van der Waals surface area (Å²) in [5.41, 5.74) is 1.08. The Balaban J connectivity index is 2.03. The molecule has 2 rings (SSSR count). The third kappa shape index (κ3) is 4.58. The van der Waals surface area contributed by atoms with Gasteiger partial charge in [-0.15, -0.1) is 0 Å². The molecule has 2 aromatic carbocycles. The maximum atomic E-state index is 12.1. The Morgan fingerprint density at radius 1 is 1.22 bits per heavy atom. The molecule has 2 aromatic rings. The van der Waals surface area contributed by atoms with Crippen molar-refractivity contribution in [1.29, 1.82) is 0 Å². The van der Waals surface area contributed by atoms with Crippen molar-refractivity contribution in [3.63, 3.8) is 0 Å². The van der Waals surface area contributed by atoms with Crippen LogP contribution in [0.1, 0.15) is 5.56 Å². The van der Waals surface area contributed by atoms with Gasteiger partial charge in [-0.25, -0.2) is 4.79 Å². The summed E-state index contributed by atoms with van der Waals surface area (Å²) in [7, 11) is 1.61. The molecule has 0 spiro atoms. The van der Waals surface area contributed by atoms with E-state index >= 15 is 0 Å². The quantitative estimate of drug-likeness (QED) is 0.646. The largest absolute Gasteiger partial charge is 0.323 e. The smallest absolute Gasteiger partial charge is 0.321 e. The number of non-ortho nitro benzene ring substituents is 1. The zero-order valence-corrected chi connectivity index (χ0v) is 13.6. The first kappa shape index (κ1) is 17.1. The van der Waals surface area contributed by atoms with Gasteiger partial charge in [-0.1, -0.05) is 35.3 Å². The predicted octanol–water partition coefficient (Wildman–Crippen LogP) is 4.57. The average molecular weight is 354 g/mol. The third-order valence-corrected chi connectivity index (χ3v) is 3.80. The Bertz CT molecular complexity index is 752. The van der Waals surface area contributed by atoms with E-state index in [2.05, 4.69) is 5.32 Å². The van der Waals surface area contributed by atoms with Crippen molar-refractivity contribution in [3.05, 3.63) is 68.2 Å². The molecule has 2 amide bonds. The second-order valence-corrected chi connectivity index (χ2v) is 5.66. The number of hydrogen-bond acceptors (Lipinski definition) is 3. The lowest BCUT2D eigenvalue weighted by Gasteiger charge is -2.18. The lowest BCUT2D eigenvalue weighted by atomic mass is 10.2. The van der Waals surface area contributed by atoms with Crippen molar-refractivity contribution < 1.29 is 9.72 Å². The molecule has 0 fully saturated rings. The van der Waals surface area contributed by atoms with Gasteiger partial charge in [0.1, 0.15) is 0 Å². The Kier molecular flexibility index (Phi) is 5.41. The maximum Gasteiger partial charge on any atom is 0.321 e. The van der Waals surface area contributed by atoms with E-state index in [0.29, 0.717) is 22.3 Å². The van der Waals surface area contributed by atoms with Crippen molar-refractivity contribution in [2.45, 2.75) is 6.54 Å². The number of rotatable bonds is 4. The van der Waals surface area contributed by atoms with Crippen LogP contribution in [-0.4, -0.2) is 22.9 Å². The van der Waals surface area contributed by atoms with Crippen LogP contribution in [0.25, 0.3) is 0 Å². The molecule has 0 aromatic heterocycles. The third-order valence-electron chi connectivity index (χ3n) is 3.06. The van der Waals surface area contributed by atoms with Gasteiger partial charge < -0.3 is 10.2 Å². The molecule has 120 valence electrons. The molecule has 0 aliphatic carbocycles. The number of anilines is 1. The summed E-state index contributed by atoms with van der Waals surface area (Å²) in [4.78, 5) is 23.8. The van der Waals surface area contributed by atoms with E-state index in [1.54, 1.807) is 31.3 Å². The van der Waals surface area contributed by atoms with E-state index in [0.717, 1.165) is 5.56 Å². The zero-order valence-electron chi connectivity index (χ0n) is 12.1. The summed E-state index contributed by atoms with van der Waals surface area (Å²) >= 11 is 11.8. The summed E-state index contributed by atoms with van der Waals surface area (Å²) in [6.45, 7) is 0.317. The van der Waals surface area contributed by atoms with Crippen LogP contribution in [-0.2, 0) is 6.54 Å². The molecule has 6 nitrogen and oxygen atoms in total. The minimum absolute atomic E-state index is 0.0880. The number of nitro benzene ring substituents is 1. The van der Waals surface area contributed by atoms with Gasteiger partial charge in [-0.3, -0.25) is 10.1 Å². The number of carbonyl (C=O) groups is 1. The van der Waals surface area contributed by atoms with Crippen molar-refractivity contribution in [1.82, 2.24) is 4.90 Å². The van der Waals surface area contributed by atoms with Crippen LogP contribution in [0.3, 0.4) is 0 Å². The molecular weight excluding hydrogens is 341 g/mol. The fourth-order valence-corrected chi connectivity index (χ4v) is 2.22. The molecule has 0 radical (unpaired) electrons. The molecule has 0 atom stereocenters. The Morgan fingerprint density at radius 2 is 1.96 bits per heavy atom. The van der Waals surface area contributed by atoms with Crippen LogP contribution in [0.2, 0.25) is 10.0 Å². The van der Waals surface area contributed by atoms with Crippen molar-refractivity contribution in [2.75, 3.05) is 12.4 Å². The fraction of sp³-hybridized carbons (Fsp3) is 0.133. The van der Waals surface area contributed by atoms with Crippen LogP contribution in [0.15, 0.2) is 42.5 Å². The lowest BCUT2D eigenvalue weighted by Crippen LogP contribution is -2.30. The van der Waals surface area contributed by atoms with Gasteiger partial charge in [0.2, 0.25) is 0 Å². The summed E-state index contributed by atoms with van der Waals surface area (Å²) in [6.07, 6.45) is 0. The molecule has 0 bridgehead atoms. The minimum Gasteiger partial charge on any atom is -0.323 e. The fourth-order valence-electron chi connectivity index (χ4n) is 1.90. The number of nitro groups is 1. The molecule has 0 aliphatic rings. The van der Waals surface area contributed by atoms with Gasteiger partial charge in [0.25, 0.3) is 5.69 Å². The van der Waals surface area contributed by atoms with Crippen molar-refractivity contribution in [2.24, 2.45) is 0 Å². The van der Waals surface area contributed by atoms with E-state index in [1.165, 1.54) is 23.1 Å². The Labute approximate surface area is 142 Å². The van der Waals surface area contributed by atoms with Crippen molar-refractivity contribution in [3.8, 4) is 0 Å². The van der Waals surface area contributed by atoms with Crippen LogP contribution < -0.4 is 5.32 Å². The van der Waals surface area contributed by atoms with E-state index in [9.17, 15) is 14.9 Å². The van der Waals surface area contributed by atoms with Gasteiger partial charge in [-0.05, 0) is 23.8 Å². The summed E-state index contributed by atoms with van der Waals surface area (Å²) in [6, 6.07) is 10.5. The molecule has 8 heteroatoms. The van der Waals surface area contributed by atoms with Gasteiger partial charge in [0.05, 0.1) is 15.0 Å². The number of carbonyl (C=O) groups excluding carboxylic acids is 1. The number of halogens is 2. The zero-order chi connectivity index (χ0) is 17.0. The first-order valence-electron chi connectivity index (χ1n) is 6.57. The highest BCUT2D eigenvalue weighted by molar-refractivity contribution is 6.42. The standard InChI is InChI=1S/C15H13Cl2N3O3/c1-19(9-10-5-6-13(16)14(17)7-10)15(21)18-11-3-2-4-12(8-11)20(22)23/h2-8H,9H2,1H3,(H,18,21). The number of urea groups is 1. The Hall–Kier alpha value is -2.31. The Morgan fingerprint density at radius 3 is 2.61 bits per heavy atom. The number of hydrogen-bond donors (Lipinski definition) is 1. The SMILES string of the molecule is CN(Cc1ccc(Cl)c(Cl)c1)C(=O)Nc1cccc([N+](=O)[O-])c1. The van der Waals surface area contributed by atoms with E-state index in [-0.39, 0.29) is 5.69 Å². The average Bonchev–Trinajstić information content (AvgIpc) is 2.51. The summed E-state index contributed by atoms with van der Waals surface area (Å²) in [5.74, 6) is 0. The van der Waals surface area contributed by atoms with E-state index < -0.39 is 11.0 Å². The van der Waals surface area contributed by atoms with Gasteiger partial charge in [0, 0.05) is 31.4 Å². The second kappa shape index (κ2) is 7.30. The minimum atomic E-state index is -0.519. The predicted molar refractivity (Wildman–Crippen MR) is 90.0 cm³/mol. The van der Waals surface area contributed by atoms with Gasteiger partial charge >= 0.3 is 6.03 Å². The summed E-state index contributed by atoms with van der Waals surface area (Å²) < 4.78 is 0. The number of amides is 2. The van der Waals surface area contributed by atoms with Crippen LogP contribution >= 0.6 is 23.2 Å². The topological polar surface area (TPSA) is 75.5 Å². The highest BCUT2D eigenvalue weighted by atomic mass is 35.5. The van der Waals surface area contributed by atoms with Crippen LogP contribution in [0, 0.1) is 10.1 Å². The molecule has 1 N–H and O–H groups in total. The number of benzene rings is 2. The van der Waals surface area contributed by atoms with E-state index in [1.807, 2.05) is 0 Å². The van der Waals surface area contributed by atoms with Crippen LogP contribution in [0.5, 0.6) is 0 Å². The molecule has 0 saturated heterocycles. The summed E-state index contributed by atoms with van der Waals surface area (Å²) in [5, 5.41) is 14.2. The monoisotopic (exact) mass is 353 g/mol. The molecule has 23 heavy (non-hydrogen) atoms. The van der Waals surface area contributed by atoms with Gasteiger partial charge in [-0.2, -0.15) is 0 Å². The van der Waals surface area contributed by atoms with Crippen LogP contribution in [0.4, 0.5) is 16.2 Å². The number of nitrogens with zero attached hydrogens (tertiary/aromatic N) is 2. The van der Waals surface area contributed by atoms with Crippen molar-refractivity contribution >= 4 is 40.6 Å². The first-order chi connectivity index (χ1) is 10.9. The first-order valence-corrected chi connectivity index (χ1v) is 7.33. The van der Waals surface area contributed by atoms with Gasteiger partial charge in [0.15, 0.2) is 0 Å². The highest BCUT2D eigenvalue weighted by Crippen LogP contribution is 2.23.